The lowest BCUT2D eigenvalue weighted by Crippen LogP contribution is -2.46. The van der Waals surface area contributed by atoms with Gasteiger partial charge in [0.25, 0.3) is 0 Å². The Morgan fingerprint density at radius 2 is 1.70 bits per heavy atom. The summed E-state index contributed by atoms with van der Waals surface area (Å²) < 4.78 is 52.0. The van der Waals surface area contributed by atoms with Crippen molar-refractivity contribution in [2.24, 2.45) is 23.2 Å². The summed E-state index contributed by atoms with van der Waals surface area (Å²) >= 11 is 0. The van der Waals surface area contributed by atoms with Crippen molar-refractivity contribution >= 4 is 44.5 Å². The van der Waals surface area contributed by atoms with Crippen LogP contribution in [0.15, 0.2) is 18.2 Å². The van der Waals surface area contributed by atoms with Crippen LogP contribution in [0.25, 0.3) is 10.9 Å². The SMILES string of the molecule is COc1cc2c3cc(c(OC)cc3n1)CCCC[C@@H](C)COC(=O)C[C@H]1CCCCCCC[C@@H]3C[C@@]3(C(=O)NS(=O)(=O)C3CC3)CC(=O)[C@@H]3C[C@H](CN3C1=O)O2. The van der Waals surface area contributed by atoms with Crippen molar-refractivity contribution in [2.75, 3.05) is 27.4 Å². The lowest BCUT2D eigenvalue weighted by Gasteiger charge is -2.29. The van der Waals surface area contributed by atoms with E-state index in [4.69, 9.17) is 18.9 Å². The zero-order chi connectivity index (χ0) is 39.6. The van der Waals surface area contributed by atoms with Crippen LogP contribution in [0.1, 0.15) is 115 Å². The molecule has 6 atom stereocenters. The highest BCUT2D eigenvalue weighted by molar-refractivity contribution is 7.90. The average molecular weight is 796 g/mol. The molecule has 2 saturated heterocycles. The summed E-state index contributed by atoms with van der Waals surface area (Å²) in [5.41, 5.74) is 0.457. The van der Waals surface area contributed by atoms with Gasteiger partial charge in [-0.2, -0.15) is 0 Å². The number of rotatable bonds is 5. The number of benzene rings is 1. The Morgan fingerprint density at radius 1 is 0.946 bits per heavy atom. The molecule has 13 nitrogen and oxygen atoms in total. The molecule has 14 heteroatoms. The van der Waals surface area contributed by atoms with E-state index < -0.39 is 50.6 Å². The van der Waals surface area contributed by atoms with Gasteiger partial charge in [-0.15, -0.1) is 0 Å². The first-order valence-electron chi connectivity index (χ1n) is 20.7. The van der Waals surface area contributed by atoms with Crippen LogP contribution in [0.5, 0.6) is 17.4 Å². The highest BCUT2D eigenvalue weighted by Gasteiger charge is 2.62. The number of ketones is 1. The van der Waals surface area contributed by atoms with E-state index >= 15 is 0 Å². The van der Waals surface area contributed by atoms with Gasteiger partial charge in [0.15, 0.2) is 5.78 Å². The predicted octanol–water partition coefficient (Wildman–Crippen LogP) is 5.83. The number of sulfonamides is 1. The third-order valence-electron chi connectivity index (χ3n) is 12.7. The van der Waals surface area contributed by atoms with Gasteiger partial charge in [0.1, 0.15) is 17.6 Å². The van der Waals surface area contributed by atoms with E-state index in [1.807, 2.05) is 12.1 Å². The molecule has 306 valence electrons. The number of cyclic esters (lactones) is 1. The summed E-state index contributed by atoms with van der Waals surface area (Å²) in [6.07, 6.45) is 9.73. The quantitative estimate of drug-likeness (QED) is 0.362. The summed E-state index contributed by atoms with van der Waals surface area (Å²) in [6, 6.07) is 4.69. The molecular formula is C42H57N3O10S. The van der Waals surface area contributed by atoms with Crippen LogP contribution < -0.4 is 18.9 Å². The monoisotopic (exact) mass is 795 g/mol. The van der Waals surface area contributed by atoms with E-state index in [0.29, 0.717) is 48.6 Å². The smallest absolute Gasteiger partial charge is 0.306 e. The highest BCUT2D eigenvalue weighted by atomic mass is 32.2. The summed E-state index contributed by atoms with van der Waals surface area (Å²) in [7, 11) is -0.667. The Morgan fingerprint density at radius 3 is 2.45 bits per heavy atom. The number of methoxy groups -OCH3 is 2. The van der Waals surface area contributed by atoms with Crippen molar-refractivity contribution in [1.29, 1.82) is 0 Å². The van der Waals surface area contributed by atoms with Crippen LogP contribution in [0.4, 0.5) is 0 Å². The molecule has 5 aliphatic rings. The predicted molar refractivity (Wildman–Crippen MR) is 208 cm³/mol. The average Bonchev–Trinajstić information content (AvgIpc) is 4.10. The van der Waals surface area contributed by atoms with Crippen molar-refractivity contribution in [3.63, 3.8) is 0 Å². The molecule has 0 radical (unpaired) electrons. The molecule has 2 saturated carbocycles. The largest absolute Gasteiger partial charge is 0.496 e. The molecule has 1 aromatic carbocycles. The zero-order valence-electron chi connectivity index (χ0n) is 33.0. The van der Waals surface area contributed by atoms with E-state index in [9.17, 15) is 27.6 Å². The molecule has 7 rings (SSSR count). The number of hydrogen-bond acceptors (Lipinski definition) is 11. The van der Waals surface area contributed by atoms with Crippen LogP contribution in [0.2, 0.25) is 0 Å². The van der Waals surface area contributed by atoms with Gasteiger partial charge < -0.3 is 23.8 Å². The second-order valence-electron chi connectivity index (χ2n) is 17.0. The molecule has 4 heterocycles. The third kappa shape index (κ3) is 8.95. The van der Waals surface area contributed by atoms with Crippen LogP contribution in [0.3, 0.4) is 0 Å². The molecular weight excluding hydrogens is 739 g/mol. The third-order valence-corrected chi connectivity index (χ3v) is 14.6. The molecule has 0 unspecified atom stereocenters. The number of hydrogen-bond donors (Lipinski definition) is 1. The Labute approximate surface area is 330 Å². The van der Waals surface area contributed by atoms with Crippen LogP contribution in [-0.4, -0.2) is 86.6 Å². The number of pyridine rings is 1. The fraction of sp³-hybridized carbons (Fsp3) is 0.690. The van der Waals surface area contributed by atoms with Crippen molar-refractivity contribution in [3.8, 4) is 17.4 Å². The second kappa shape index (κ2) is 16.9. The maximum atomic E-state index is 14.7. The standard InChI is InChI=1S/C42H57N3O10S/c1-26-11-9-10-12-27-17-32-33(20-36(27)52-2)43-38(53-3)21-37(32)55-30-19-34-35(46)23-42(41(49)44-56(50,51)31-15-16-31)22-29(42)14-8-6-4-5-7-13-28(18-39(47)54-25-26)40(48)45(34)24-30/h17,20-21,26,28-31,34H,4-16,18-19,22-25H2,1-3H3,(H,44,49)/t26-,28-,29-,30-,34+,42-/m1/s1. The van der Waals surface area contributed by atoms with Gasteiger partial charge in [0, 0.05) is 36.3 Å². The van der Waals surface area contributed by atoms with Gasteiger partial charge in [-0.05, 0) is 74.8 Å². The van der Waals surface area contributed by atoms with Crippen molar-refractivity contribution in [1.82, 2.24) is 14.6 Å². The Hall–Kier alpha value is -3.94. The van der Waals surface area contributed by atoms with E-state index in [1.54, 1.807) is 18.1 Å². The van der Waals surface area contributed by atoms with Gasteiger partial charge in [-0.1, -0.05) is 45.4 Å². The molecule has 3 aliphatic heterocycles. The maximum absolute atomic E-state index is 14.7. The van der Waals surface area contributed by atoms with E-state index in [2.05, 4.69) is 16.6 Å². The number of ether oxygens (including phenoxy) is 4. The topological polar surface area (TPSA) is 167 Å². The Balaban J connectivity index is 1.25. The summed E-state index contributed by atoms with van der Waals surface area (Å²) in [4.78, 5) is 62.8. The summed E-state index contributed by atoms with van der Waals surface area (Å²) in [6.45, 7) is 2.41. The number of nitrogens with one attached hydrogen (secondary N) is 1. The zero-order valence-corrected chi connectivity index (χ0v) is 33.8. The number of nitrogens with zero attached hydrogens (tertiary/aromatic N) is 2. The fourth-order valence-electron chi connectivity index (χ4n) is 9.14. The van der Waals surface area contributed by atoms with Gasteiger partial charge in [-0.3, -0.25) is 23.9 Å². The first kappa shape index (κ1) is 40.3. The first-order valence-corrected chi connectivity index (χ1v) is 22.2. The van der Waals surface area contributed by atoms with E-state index in [1.165, 1.54) is 7.11 Å². The number of fused-ring (bicyclic) bond motifs is 4. The molecule has 5 bridgehead atoms. The Kier molecular flexibility index (Phi) is 12.1. The number of Topliss-reactive ketones (excluding diaryl/α,β-unsaturated/α-hetero) is 1. The molecule has 1 N–H and O–H groups in total. The van der Waals surface area contributed by atoms with E-state index in [0.717, 1.165) is 75.2 Å². The molecule has 4 fully saturated rings. The number of carbonyl (C=O) groups is 4. The lowest BCUT2D eigenvalue weighted by molar-refractivity contribution is -0.151. The minimum absolute atomic E-state index is 0.0876. The number of carbonyl (C=O) groups excluding carboxylic acids is 4. The van der Waals surface area contributed by atoms with Gasteiger partial charge >= 0.3 is 5.97 Å². The maximum Gasteiger partial charge on any atom is 0.306 e. The normalized spacial score (nSPS) is 29.8. The summed E-state index contributed by atoms with van der Waals surface area (Å²) in [5.74, 6) is -0.792. The molecule has 0 spiro atoms. The van der Waals surface area contributed by atoms with Crippen molar-refractivity contribution in [2.45, 2.75) is 133 Å². The Bertz CT molecular complexity index is 1930. The first-order chi connectivity index (χ1) is 26.9. The molecule has 2 aliphatic carbocycles. The number of esters is 1. The lowest BCUT2D eigenvalue weighted by atomic mass is 9.90. The minimum atomic E-state index is -3.82. The summed E-state index contributed by atoms with van der Waals surface area (Å²) in [5, 5.41) is 0.175. The van der Waals surface area contributed by atoms with E-state index in [-0.39, 0.29) is 55.9 Å². The minimum Gasteiger partial charge on any atom is -0.496 e. The molecule has 1 aromatic heterocycles. The fourth-order valence-corrected chi connectivity index (χ4v) is 10.5. The van der Waals surface area contributed by atoms with Crippen LogP contribution in [0, 0.1) is 23.2 Å². The molecule has 2 amide bonds. The van der Waals surface area contributed by atoms with Crippen LogP contribution >= 0.6 is 0 Å². The number of amides is 2. The van der Waals surface area contributed by atoms with Gasteiger partial charge in [-0.25, -0.2) is 13.4 Å². The van der Waals surface area contributed by atoms with Crippen molar-refractivity contribution in [3.05, 3.63) is 23.8 Å². The highest BCUT2D eigenvalue weighted by Crippen LogP contribution is 2.59. The van der Waals surface area contributed by atoms with Crippen molar-refractivity contribution < 1.29 is 46.5 Å². The van der Waals surface area contributed by atoms with Gasteiger partial charge in [0.05, 0.1) is 56.0 Å². The van der Waals surface area contributed by atoms with Gasteiger partial charge in [0.2, 0.25) is 27.7 Å². The second-order valence-corrected chi connectivity index (χ2v) is 18.9. The molecule has 2 aromatic rings. The number of aromatic nitrogens is 1. The molecule has 56 heavy (non-hydrogen) atoms. The van der Waals surface area contributed by atoms with Crippen LogP contribution in [-0.2, 0) is 40.4 Å². The number of aryl methyl sites for hydroxylation is 1.